The summed E-state index contributed by atoms with van der Waals surface area (Å²) in [4.78, 5) is 24.6. The molecule has 4 N–H and O–H groups in total. The molecule has 0 aliphatic heterocycles. The molecule has 0 spiro atoms. The third kappa shape index (κ3) is 6.92. The van der Waals surface area contributed by atoms with E-state index < -0.39 is 0 Å². The lowest BCUT2D eigenvalue weighted by Crippen LogP contribution is -2.17. The monoisotopic (exact) mass is 508 g/mol. The number of nitrogens with zero attached hydrogens (tertiary/aromatic N) is 2. The van der Waals surface area contributed by atoms with Crippen LogP contribution in [0, 0.1) is 0 Å². The third-order valence-electron chi connectivity index (χ3n) is 5.49. The average molecular weight is 509 g/mol. The zero-order valence-electron chi connectivity index (χ0n) is 21.1. The first-order valence-electron chi connectivity index (χ1n) is 11.6. The molecule has 0 fully saturated rings. The van der Waals surface area contributed by atoms with Crippen LogP contribution in [0.5, 0.6) is 11.5 Å². The lowest BCUT2D eigenvalue weighted by Gasteiger charge is -2.06. The number of nitrogens with two attached hydrogens (primary N) is 2. The molecule has 0 unspecified atom stereocenters. The summed E-state index contributed by atoms with van der Waals surface area (Å²) >= 11 is 0. The summed E-state index contributed by atoms with van der Waals surface area (Å²) in [5.74, 6) is 11.7. The predicted molar refractivity (Wildman–Crippen MR) is 149 cm³/mol. The minimum atomic E-state index is -0.212. The molecule has 4 aromatic carbocycles. The predicted octanol–water partition coefficient (Wildman–Crippen LogP) is 4.48. The van der Waals surface area contributed by atoms with E-state index in [1.807, 2.05) is 24.3 Å². The molecule has 0 bridgehead atoms. The fraction of sp³-hybridized carbons (Fsp3) is 0.0667. The van der Waals surface area contributed by atoms with Crippen LogP contribution in [-0.2, 0) is 0 Å². The van der Waals surface area contributed by atoms with Crippen molar-refractivity contribution >= 4 is 23.0 Å². The Morgan fingerprint density at radius 3 is 1.18 bits per heavy atom. The summed E-state index contributed by atoms with van der Waals surface area (Å²) < 4.78 is 10.1. The Morgan fingerprint density at radius 2 is 0.816 bits per heavy atom. The Balaban J connectivity index is 0.000000211. The van der Waals surface area contributed by atoms with Crippen LogP contribution < -0.4 is 21.2 Å². The first-order valence-corrected chi connectivity index (χ1v) is 11.6. The van der Waals surface area contributed by atoms with Crippen LogP contribution in [0.4, 0.5) is 0 Å². The standard InChI is InChI=1S/2C15H14N2O2/c1-19-13-9-7-11(8-10-13)14(17-16)15(18)12-5-3-2-4-6-12;1-19-13-9-7-12(8-10-13)15(18)14(17-16)11-5-3-2-4-6-11/h2*2-10H,16H2,1H3/b2*17-14+. The van der Waals surface area contributed by atoms with Crippen LogP contribution in [0.2, 0.25) is 0 Å². The second-order valence-electron chi connectivity index (χ2n) is 7.80. The Bertz CT molecular complexity index is 1400. The van der Waals surface area contributed by atoms with Crippen molar-refractivity contribution in [2.45, 2.75) is 0 Å². The number of carbonyl (C=O) groups is 2. The van der Waals surface area contributed by atoms with Crippen molar-refractivity contribution in [2.75, 3.05) is 14.2 Å². The normalized spacial score (nSPS) is 11.1. The van der Waals surface area contributed by atoms with Gasteiger partial charge in [-0.3, -0.25) is 9.59 Å². The molecule has 0 amide bonds. The molecule has 38 heavy (non-hydrogen) atoms. The minimum Gasteiger partial charge on any atom is -0.497 e. The SMILES string of the molecule is COc1ccc(/C(=N\N)C(=O)c2ccccc2)cc1.COc1ccc(C(=O)/C(=N/N)c2ccccc2)cc1. The highest BCUT2D eigenvalue weighted by atomic mass is 16.5. The van der Waals surface area contributed by atoms with Gasteiger partial charge in [-0.25, -0.2) is 0 Å². The first kappa shape index (κ1) is 27.3. The number of hydrazone groups is 2. The van der Waals surface area contributed by atoms with Gasteiger partial charge in [0.05, 0.1) is 14.2 Å². The van der Waals surface area contributed by atoms with E-state index in [-0.39, 0.29) is 23.0 Å². The average Bonchev–Trinajstić information content (AvgIpc) is 2.99. The van der Waals surface area contributed by atoms with E-state index in [9.17, 15) is 9.59 Å². The molecule has 0 heterocycles. The molecule has 0 atom stereocenters. The molecule has 0 radical (unpaired) electrons. The highest BCUT2D eigenvalue weighted by Crippen LogP contribution is 2.15. The van der Waals surface area contributed by atoms with Gasteiger partial charge in [-0.15, -0.1) is 0 Å². The lowest BCUT2D eigenvalue weighted by atomic mass is 10.0. The molecule has 0 aromatic heterocycles. The van der Waals surface area contributed by atoms with Crippen LogP contribution in [-0.4, -0.2) is 37.2 Å². The van der Waals surface area contributed by atoms with E-state index in [2.05, 4.69) is 10.2 Å². The first-order chi connectivity index (χ1) is 18.5. The summed E-state index contributed by atoms with van der Waals surface area (Å²) in [6.07, 6.45) is 0. The molecule has 0 aliphatic rings. The molecule has 4 rings (SSSR count). The molecular weight excluding hydrogens is 480 g/mol. The Labute approximate surface area is 221 Å². The molecule has 0 saturated heterocycles. The summed E-state index contributed by atoms with van der Waals surface area (Å²) in [7, 11) is 3.16. The summed E-state index contributed by atoms with van der Waals surface area (Å²) in [5, 5.41) is 7.23. The Hall–Kier alpha value is -5.24. The summed E-state index contributed by atoms with van der Waals surface area (Å²) in [6.45, 7) is 0. The highest BCUT2D eigenvalue weighted by molar-refractivity contribution is 6.52. The number of benzene rings is 4. The zero-order valence-corrected chi connectivity index (χ0v) is 21.1. The second kappa shape index (κ2) is 13.7. The summed E-state index contributed by atoms with van der Waals surface area (Å²) in [6, 6.07) is 31.9. The van der Waals surface area contributed by atoms with Crippen molar-refractivity contribution in [3.8, 4) is 11.5 Å². The number of Topliss-reactive ketones (excluding diaryl/α,β-unsaturated/α-hetero) is 2. The molecule has 0 aliphatic carbocycles. The lowest BCUT2D eigenvalue weighted by molar-refractivity contribution is 0.105. The smallest absolute Gasteiger partial charge is 0.213 e. The number of ketones is 2. The van der Waals surface area contributed by atoms with E-state index in [1.54, 1.807) is 99.1 Å². The van der Waals surface area contributed by atoms with Gasteiger partial charge >= 0.3 is 0 Å². The van der Waals surface area contributed by atoms with Gasteiger partial charge in [0.2, 0.25) is 11.6 Å². The topological polar surface area (TPSA) is 129 Å². The van der Waals surface area contributed by atoms with Crippen LogP contribution in [0.1, 0.15) is 31.8 Å². The zero-order chi connectivity index (χ0) is 27.3. The van der Waals surface area contributed by atoms with Gasteiger partial charge in [-0.05, 0) is 48.5 Å². The molecule has 8 nitrogen and oxygen atoms in total. The van der Waals surface area contributed by atoms with Crippen molar-refractivity contribution in [1.82, 2.24) is 0 Å². The van der Waals surface area contributed by atoms with E-state index >= 15 is 0 Å². The Morgan fingerprint density at radius 1 is 0.500 bits per heavy atom. The maximum absolute atomic E-state index is 12.3. The molecular formula is C30H28N4O4. The van der Waals surface area contributed by atoms with E-state index in [4.69, 9.17) is 21.2 Å². The van der Waals surface area contributed by atoms with Crippen LogP contribution in [0.15, 0.2) is 119 Å². The molecule has 0 saturated carbocycles. The van der Waals surface area contributed by atoms with Gasteiger partial charge in [0, 0.05) is 22.3 Å². The van der Waals surface area contributed by atoms with Gasteiger partial charge < -0.3 is 21.2 Å². The van der Waals surface area contributed by atoms with Gasteiger partial charge in [-0.1, -0.05) is 60.7 Å². The van der Waals surface area contributed by atoms with Crippen molar-refractivity contribution in [1.29, 1.82) is 0 Å². The molecule has 4 aromatic rings. The van der Waals surface area contributed by atoms with Gasteiger partial charge in [0.1, 0.15) is 22.9 Å². The van der Waals surface area contributed by atoms with Crippen LogP contribution in [0.25, 0.3) is 0 Å². The highest BCUT2D eigenvalue weighted by Gasteiger charge is 2.17. The van der Waals surface area contributed by atoms with Crippen molar-refractivity contribution in [2.24, 2.45) is 21.9 Å². The second-order valence-corrected chi connectivity index (χ2v) is 7.80. The van der Waals surface area contributed by atoms with E-state index in [0.29, 0.717) is 33.8 Å². The number of hydrogen-bond acceptors (Lipinski definition) is 8. The number of ether oxygens (including phenoxy) is 2. The number of carbonyl (C=O) groups excluding carboxylic acids is 2. The van der Waals surface area contributed by atoms with Crippen LogP contribution in [0.3, 0.4) is 0 Å². The fourth-order valence-electron chi connectivity index (χ4n) is 3.48. The molecule has 8 heteroatoms. The minimum absolute atomic E-state index is 0.201. The fourth-order valence-corrected chi connectivity index (χ4v) is 3.48. The van der Waals surface area contributed by atoms with E-state index in [1.165, 1.54) is 0 Å². The van der Waals surface area contributed by atoms with Gasteiger partial charge in [0.25, 0.3) is 0 Å². The number of methoxy groups -OCH3 is 2. The van der Waals surface area contributed by atoms with Crippen molar-refractivity contribution in [3.05, 3.63) is 131 Å². The largest absolute Gasteiger partial charge is 0.497 e. The van der Waals surface area contributed by atoms with Crippen molar-refractivity contribution in [3.63, 3.8) is 0 Å². The van der Waals surface area contributed by atoms with Gasteiger partial charge in [0.15, 0.2) is 0 Å². The number of hydrogen-bond donors (Lipinski definition) is 2. The maximum Gasteiger partial charge on any atom is 0.213 e. The van der Waals surface area contributed by atoms with Crippen LogP contribution >= 0.6 is 0 Å². The Kier molecular flexibility index (Phi) is 9.89. The molecule has 192 valence electrons. The van der Waals surface area contributed by atoms with E-state index in [0.717, 1.165) is 0 Å². The maximum atomic E-state index is 12.3. The quantitative estimate of drug-likeness (QED) is 0.156. The van der Waals surface area contributed by atoms with Crippen molar-refractivity contribution < 1.29 is 19.1 Å². The summed E-state index contributed by atoms with van der Waals surface area (Å²) in [5.41, 5.74) is 2.92. The number of rotatable bonds is 8. The third-order valence-corrected chi connectivity index (χ3v) is 5.49. The van der Waals surface area contributed by atoms with Gasteiger partial charge in [-0.2, -0.15) is 10.2 Å².